The summed E-state index contributed by atoms with van der Waals surface area (Å²) in [7, 11) is 0. The molecule has 1 saturated carbocycles. The van der Waals surface area contributed by atoms with Crippen LogP contribution in [-0.2, 0) is 0 Å². The minimum Gasteiger partial charge on any atom is -0.327 e. The van der Waals surface area contributed by atoms with Crippen LogP contribution in [0.2, 0.25) is 0 Å². The highest BCUT2D eigenvalue weighted by Crippen LogP contribution is 2.24. The lowest BCUT2D eigenvalue weighted by atomic mass is 9.90. The monoisotopic (exact) mass is 266 g/mol. The van der Waals surface area contributed by atoms with Crippen LogP contribution in [0.3, 0.4) is 0 Å². The second-order valence-electron chi connectivity index (χ2n) is 4.06. The lowest BCUT2D eigenvalue weighted by Crippen LogP contribution is -2.23. The molecular weight excluding hydrogens is 252 g/mol. The summed E-state index contributed by atoms with van der Waals surface area (Å²) >= 11 is 3.38. The molecule has 0 amide bonds. The van der Waals surface area contributed by atoms with Gasteiger partial charge in [-0.1, -0.05) is 5.57 Å². The third kappa shape index (κ3) is 3.14. The molecule has 1 atom stereocenters. The molecule has 2 rings (SSSR count). The smallest absolute Gasteiger partial charge is 0.0630 e. The predicted molar refractivity (Wildman–Crippen MR) is 66.4 cm³/mol. The average Bonchev–Trinajstić information content (AvgIpc) is 2.22. The van der Waals surface area contributed by atoms with Crippen molar-refractivity contribution < 1.29 is 0 Å². The van der Waals surface area contributed by atoms with Crippen molar-refractivity contribution in [2.75, 3.05) is 0 Å². The number of nitrogens with two attached hydrogens (primary N) is 1. The predicted octanol–water partition coefficient (Wildman–Crippen LogP) is 3.13. The molecule has 1 aliphatic carbocycles. The van der Waals surface area contributed by atoms with Gasteiger partial charge in [-0.3, -0.25) is 4.98 Å². The summed E-state index contributed by atoms with van der Waals surface area (Å²) in [6.45, 7) is 0. The van der Waals surface area contributed by atoms with Gasteiger partial charge in [0.25, 0.3) is 0 Å². The lowest BCUT2D eigenvalue weighted by molar-refractivity contribution is 0.520. The Morgan fingerprint density at radius 3 is 3.00 bits per heavy atom. The van der Waals surface area contributed by atoms with E-state index in [1.807, 2.05) is 18.3 Å². The summed E-state index contributed by atoms with van der Waals surface area (Å²) in [6.07, 6.45) is 8.57. The molecule has 2 nitrogen and oxygen atoms in total. The summed E-state index contributed by atoms with van der Waals surface area (Å²) in [4.78, 5) is 4.33. The maximum absolute atomic E-state index is 5.93. The molecule has 0 aromatic carbocycles. The fourth-order valence-electron chi connectivity index (χ4n) is 1.95. The molecule has 0 radical (unpaired) electrons. The zero-order chi connectivity index (χ0) is 10.7. The zero-order valence-electron chi connectivity index (χ0n) is 8.62. The summed E-state index contributed by atoms with van der Waals surface area (Å²) < 4.78 is 1.02. The highest BCUT2D eigenvalue weighted by atomic mass is 79.9. The van der Waals surface area contributed by atoms with Crippen LogP contribution in [0.15, 0.2) is 28.4 Å². The van der Waals surface area contributed by atoms with Gasteiger partial charge in [0, 0.05) is 16.7 Å². The minimum absolute atomic E-state index is 0.348. The molecule has 3 heteroatoms. The third-order valence-corrected chi connectivity index (χ3v) is 3.17. The third-order valence-electron chi connectivity index (χ3n) is 2.70. The first-order chi connectivity index (χ1) is 7.24. The van der Waals surface area contributed by atoms with Crippen LogP contribution in [0.25, 0.3) is 6.08 Å². The van der Waals surface area contributed by atoms with Gasteiger partial charge >= 0.3 is 0 Å². The highest BCUT2D eigenvalue weighted by Gasteiger charge is 2.12. The van der Waals surface area contributed by atoms with Crippen LogP contribution >= 0.6 is 15.9 Å². The SMILES string of the molecule is NC1CCC/C(=C/c2ccc(Br)cn2)C1. The molecule has 0 spiro atoms. The van der Waals surface area contributed by atoms with Crippen molar-refractivity contribution in [1.82, 2.24) is 4.98 Å². The maximum atomic E-state index is 5.93. The van der Waals surface area contributed by atoms with Crippen molar-refractivity contribution in [3.05, 3.63) is 34.1 Å². The second kappa shape index (κ2) is 4.90. The first kappa shape index (κ1) is 10.8. The van der Waals surface area contributed by atoms with Crippen molar-refractivity contribution in [3.8, 4) is 0 Å². The van der Waals surface area contributed by atoms with E-state index in [1.165, 1.54) is 18.4 Å². The van der Waals surface area contributed by atoms with Crippen molar-refractivity contribution in [2.24, 2.45) is 5.73 Å². The number of hydrogen-bond acceptors (Lipinski definition) is 2. The number of nitrogens with zero attached hydrogens (tertiary/aromatic N) is 1. The van der Waals surface area contributed by atoms with E-state index in [2.05, 4.69) is 27.0 Å². The molecule has 0 bridgehead atoms. The topological polar surface area (TPSA) is 38.9 Å². The van der Waals surface area contributed by atoms with Crippen molar-refractivity contribution in [3.63, 3.8) is 0 Å². The van der Waals surface area contributed by atoms with Crippen molar-refractivity contribution in [2.45, 2.75) is 31.7 Å². The van der Waals surface area contributed by atoms with E-state index in [4.69, 9.17) is 5.73 Å². The minimum atomic E-state index is 0.348. The summed E-state index contributed by atoms with van der Waals surface area (Å²) in [5, 5.41) is 0. The molecule has 80 valence electrons. The van der Waals surface area contributed by atoms with Gasteiger partial charge in [0.05, 0.1) is 5.69 Å². The van der Waals surface area contributed by atoms with Gasteiger partial charge in [0.2, 0.25) is 0 Å². The number of aromatic nitrogens is 1. The molecule has 15 heavy (non-hydrogen) atoms. The van der Waals surface area contributed by atoms with E-state index >= 15 is 0 Å². The molecular formula is C12H15BrN2. The number of hydrogen-bond donors (Lipinski definition) is 1. The van der Waals surface area contributed by atoms with E-state index in [1.54, 1.807) is 0 Å². The Morgan fingerprint density at radius 2 is 2.33 bits per heavy atom. The van der Waals surface area contributed by atoms with Gasteiger partial charge in [0.15, 0.2) is 0 Å². The lowest BCUT2D eigenvalue weighted by Gasteiger charge is -2.20. The van der Waals surface area contributed by atoms with E-state index < -0.39 is 0 Å². The molecule has 0 aliphatic heterocycles. The van der Waals surface area contributed by atoms with Crippen LogP contribution in [0.1, 0.15) is 31.4 Å². The summed E-state index contributed by atoms with van der Waals surface area (Å²) in [5.74, 6) is 0. The Bertz CT molecular complexity index is 356. The molecule has 1 unspecified atom stereocenters. The average molecular weight is 267 g/mol. The van der Waals surface area contributed by atoms with E-state index in [0.29, 0.717) is 6.04 Å². The van der Waals surface area contributed by atoms with Gasteiger partial charge in [-0.25, -0.2) is 0 Å². The standard InChI is InChI=1S/C12H15BrN2/c13-10-4-5-12(15-8-10)7-9-2-1-3-11(14)6-9/h4-5,7-8,11H,1-3,6,14H2/b9-7-. The second-order valence-corrected chi connectivity index (χ2v) is 4.98. The Kier molecular flexibility index (Phi) is 3.54. The largest absolute Gasteiger partial charge is 0.327 e. The van der Waals surface area contributed by atoms with Gasteiger partial charge < -0.3 is 5.73 Å². The van der Waals surface area contributed by atoms with Crippen molar-refractivity contribution >= 4 is 22.0 Å². The van der Waals surface area contributed by atoms with Crippen LogP contribution < -0.4 is 5.73 Å². The fourth-order valence-corrected chi connectivity index (χ4v) is 2.18. The number of pyridine rings is 1. The Balaban J connectivity index is 2.11. The molecule has 2 N–H and O–H groups in total. The molecule has 0 saturated heterocycles. The fraction of sp³-hybridized carbons (Fsp3) is 0.417. The Labute approximate surface area is 98.7 Å². The first-order valence-corrected chi connectivity index (χ1v) is 6.10. The van der Waals surface area contributed by atoms with E-state index in [-0.39, 0.29) is 0 Å². The zero-order valence-corrected chi connectivity index (χ0v) is 10.2. The van der Waals surface area contributed by atoms with Gasteiger partial charge in [0.1, 0.15) is 0 Å². The van der Waals surface area contributed by atoms with Gasteiger partial charge in [-0.15, -0.1) is 0 Å². The molecule has 1 aromatic heterocycles. The number of halogens is 1. The van der Waals surface area contributed by atoms with Crippen LogP contribution in [0.4, 0.5) is 0 Å². The molecule has 1 heterocycles. The van der Waals surface area contributed by atoms with Crippen LogP contribution in [-0.4, -0.2) is 11.0 Å². The Hall–Kier alpha value is -0.670. The maximum Gasteiger partial charge on any atom is 0.0630 e. The summed E-state index contributed by atoms with van der Waals surface area (Å²) in [6, 6.07) is 4.39. The van der Waals surface area contributed by atoms with E-state index in [0.717, 1.165) is 23.0 Å². The van der Waals surface area contributed by atoms with Crippen LogP contribution in [0.5, 0.6) is 0 Å². The normalized spacial score (nSPS) is 24.4. The molecule has 1 fully saturated rings. The quantitative estimate of drug-likeness (QED) is 0.849. The first-order valence-electron chi connectivity index (χ1n) is 5.30. The number of rotatable bonds is 1. The van der Waals surface area contributed by atoms with Gasteiger partial charge in [-0.05, 0) is 59.8 Å². The van der Waals surface area contributed by atoms with Crippen LogP contribution in [0, 0.1) is 0 Å². The molecule has 1 aliphatic rings. The molecule has 1 aromatic rings. The van der Waals surface area contributed by atoms with Gasteiger partial charge in [-0.2, -0.15) is 0 Å². The highest BCUT2D eigenvalue weighted by molar-refractivity contribution is 9.10. The summed E-state index contributed by atoms with van der Waals surface area (Å²) in [5.41, 5.74) is 8.40. The van der Waals surface area contributed by atoms with E-state index in [9.17, 15) is 0 Å². The van der Waals surface area contributed by atoms with Crippen molar-refractivity contribution in [1.29, 1.82) is 0 Å². The Morgan fingerprint density at radius 1 is 1.47 bits per heavy atom.